The summed E-state index contributed by atoms with van der Waals surface area (Å²) < 4.78 is 0. The van der Waals surface area contributed by atoms with Crippen LogP contribution < -0.4 is 10.6 Å². The lowest BCUT2D eigenvalue weighted by Crippen LogP contribution is -2.43. The molecule has 3 rings (SSSR count). The summed E-state index contributed by atoms with van der Waals surface area (Å²) in [5, 5.41) is 6.40. The lowest BCUT2D eigenvalue weighted by atomic mass is 9.78. The third-order valence-corrected chi connectivity index (χ3v) is 4.56. The first-order valence-corrected chi connectivity index (χ1v) is 8.20. The van der Waals surface area contributed by atoms with E-state index in [4.69, 9.17) is 11.6 Å². The summed E-state index contributed by atoms with van der Waals surface area (Å²) in [6.07, 6.45) is 0. The number of benzene rings is 2. The summed E-state index contributed by atoms with van der Waals surface area (Å²) in [5.41, 5.74) is 2.85. The molecular formula is C19H19ClN2O2. The molecule has 124 valence electrons. The minimum absolute atomic E-state index is 0.128. The molecule has 2 N–H and O–H groups in total. The molecule has 1 aliphatic rings. The fourth-order valence-electron chi connectivity index (χ4n) is 2.84. The molecule has 2 amide bonds. The quantitative estimate of drug-likeness (QED) is 0.899. The van der Waals surface area contributed by atoms with E-state index >= 15 is 0 Å². The van der Waals surface area contributed by atoms with Crippen molar-refractivity contribution in [3.8, 4) is 0 Å². The second-order valence-electron chi connectivity index (χ2n) is 6.64. The molecule has 0 fully saturated rings. The summed E-state index contributed by atoms with van der Waals surface area (Å²) in [6, 6.07) is 12.6. The number of carbonyl (C=O) groups is 2. The summed E-state index contributed by atoms with van der Waals surface area (Å²) >= 11 is 5.85. The van der Waals surface area contributed by atoms with E-state index in [-0.39, 0.29) is 17.2 Å². The van der Waals surface area contributed by atoms with Crippen LogP contribution in [0.2, 0.25) is 5.02 Å². The Bertz CT molecular complexity index is 798. The van der Waals surface area contributed by atoms with Gasteiger partial charge in [0.15, 0.2) is 0 Å². The summed E-state index contributed by atoms with van der Waals surface area (Å²) in [7, 11) is 0. The second kappa shape index (κ2) is 6.29. The van der Waals surface area contributed by atoms with Gasteiger partial charge in [0, 0.05) is 34.7 Å². The standard InChI is InChI=1S/C19H19ClN2O2/c1-19(2)11-22-18(24)15-9-13(5-8-16(15)19)17(23)21-10-12-3-6-14(20)7-4-12/h3-9H,10-11H2,1-2H3,(H,21,23)(H,22,24). The van der Waals surface area contributed by atoms with Gasteiger partial charge in [-0.1, -0.05) is 43.6 Å². The van der Waals surface area contributed by atoms with Crippen molar-refractivity contribution in [2.75, 3.05) is 6.54 Å². The minimum Gasteiger partial charge on any atom is -0.351 e. The molecule has 1 heterocycles. The molecule has 1 aliphatic heterocycles. The monoisotopic (exact) mass is 342 g/mol. The Kier molecular flexibility index (Phi) is 4.33. The number of rotatable bonds is 3. The molecule has 2 aromatic rings. The number of hydrogen-bond acceptors (Lipinski definition) is 2. The van der Waals surface area contributed by atoms with Gasteiger partial charge in [0.1, 0.15) is 0 Å². The minimum atomic E-state index is -0.205. The highest BCUT2D eigenvalue weighted by Gasteiger charge is 2.31. The third kappa shape index (κ3) is 3.29. The van der Waals surface area contributed by atoms with Crippen LogP contribution >= 0.6 is 11.6 Å². The number of nitrogens with one attached hydrogen (secondary N) is 2. The predicted octanol–water partition coefficient (Wildman–Crippen LogP) is 3.29. The highest BCUT2D eigenvalue weighted by molar-refractivity contribution is 6.30. The van der Waals surface area contributed by atoms with Crippen molar-refractivity contribution < 1.29 is 9.59 Å². The zero-order valence-corrected chi connectivity index (χ0v) is 14.4. The van der Waals surface area contributed by atoms with Gasteiger partial charge in [0.25, 0.3) is 11.8 Å². The van der Waals surface area contributed by atoms with E-state index in [1.807, 2.05) is 18.2 Å². The van der Waals surface area contributed by atoms with Crippen LogP contribution in [0.25, 0.3) is 0 Å². The Labute approximate surface area is 146 Å². The first-order chi connectivity index (χ1) is 11.4. The molecule has 5 heteroatoms. The topological polar surface area (TPSA) is 58.2 Å². The van der Waals surface area contributed by atoms with Crippen molar-refractivity contribution in [3.63, 3.8) is 0 Å². The van der Waals surface area contributed by atoms with Crippen LogP contribution in [-0.4, -0.2) is 18.4 Å². The molecule has 0 spiro atoms. The van der Waals surface area contributed by atoms with Crippen LogP contribution in [0.1, 0.15) is 45.7 Å². The third-order valence-electron chi connectivity index (χ3n) is 4.31. The maximum atomic E-state index is 12.4. The number of carbonyl (C=O) groups excluding carboxylic acids is 2. The Hall–Kier alpha value is -2.33. The van der Waals surface area contributed by atoms with Gasteiger partial charge < -0.3 is 10.6 Å². The molecule has 0 atom stereocenters. The zero-order valence-electron chi connectivity index (χ0n) is 13.7. The van der Waals surface area contributed by atoms with Gasteiger partial charge in [-0.05, 0) is 35.4 Å². The smallest absolute Gasteiger partial charge is 0.251 e. The van der Waals surface area contributed by atoms with E-state index in [0.29, 0.717) is 29.2 Å². The van der Waals surface area contributed by atoms with Crippen LogP contribution in [0.4, 0.5) is 0 Å². The Balaban J connectivity index is 1.77. The number of halogens is 1. The van der Waals surface area contributed by atoms with Gasteiger partial charge in [0.05, 0.1) is 0 Å². The molecule has 0 saturated heterocycles. The largest absolute Gasteiger partial charge is 0.351 e. The van der Waals surface area contributed by atoms with Gasteiger partial charge in [0.2, 0.25) is 0 Å². The van der Waals surface area contributed by atoms with Crippen LogP contribution in [0.15, 0.2) is 42.5 Å². The van der Waals surface area contributed by atoms with E-state index in [1.165, 1.54) is 0 Å². The van der Waals surface area contributed by atoms with Crippen LogP contribution in [-0.2, 0) is 12.0 Å². The van der Waals surface area contributed by atoms with E-state index in [9.17, 15) is 9.59 Å². The van der Waals surface area contributed by atoms with Gasteiger partial charge >= 0.3 is 0 Å². The van der Waals surface area contributed by atoms with Gasteiger partial charge in [-0.3, -0.25) is 9.59 Å². The molecule has 0 unspecified atom stereocenters. The van der Waals surface area contributed by atoms with Crippen molar-refractivity contribution >= 4 is 23.4 Å². The number of hydrogen-bond donors (Lipinski definition) is 2. The summed E-state index contributed by atoms with van der Waals surface area (Å²) in [6.45, 7) is 5.16. The molecule has 0 aliphatic carbocycles. The molecule has 4 nitrogen and oxygen atoms in total. The van der Waals surface area contributed by atoms with E-state index in [2.05, 4.69) is 24.5 Å². The lowest BCUT2D eigenvalue weighted by Gasteiger charge is -2.32. The molecule has 24 heavy (non-hydrogen) atoms. The number of fused-ring (bicyclic) bond motifs is 1. The summed E-state index contributed by atoms with van der Waals surface area (Å²) in [4.78, 5) is 24.5. The Morgan fingerprint density at radius 2 is 1.92 bits per heavy atom. The van der Waals surface area contributed by atoms with Gasteiger partial charge in [-0.15, -0.1) is 0 Å². The van der Waals surface area contributed by atoms with Crippen LogP contribution in [0, 0.1) is 0 Å². The van der Waals surface area contributed by atoms with E-state index in [0.717, 1.165) is 11.1 Å². The highest BCUT2D eigenvalue weighted by Crippen LogP contribution is 2.30. The fraction of sp³-hybridized carbons (Fsp3) is 0.263. The molecule has 0 bridgehead atoms. The maximum Gasteiger partial charge on any atom is 0.251 e. The average Bonchev–Trinajstić information content (AvgIpc) is 2.57. The van der Waals surface area contributed by atoms with Crippen molar-refractivity contribution in [1.29, 1.82) is 0 Å². The Morgan fingerprint density at radius 1 is 1.21 bits per heavy atom. The van der Waals surface area contributed by atoms with Crippen molar-refractivity contribution in [3.05, 3.63) is 69.7 Å². The van der Waals surface area contributed by atoms with Gasteiger partial charge in [-0.2, -0.15) is 0 Å². The van der Waals surface area contributed by atoms with E-state index in [1.54, 1.807) is 24.3 Å². The van der Waals surface area contributed by atoms with Gasteiger partial charge in [-0.25, -0.2) is 0 Å². The SMILES string of the molecule is CC1(C)CNC(=O)c2cc(C(=O)NCc3ccc(Cl)cc3)ccc21. The molecule has 0 radical (unpaired) electrons. The molecule has 2 aromatic carbocycles. The average molecular weight is 343 g/mol. The second-order valence-corrected chi connectivity index (χ2v) is 7.07. The zero-order chi connectivity index (χ0) is 17.3. The van der Waals surface area contributed by atoms with E-state index < -0.39 is 0 Å². The summed E-state index contributed by atoms with van der Waals surface area (Å²) in [5.74, 6) is -0.333. The van der Waals surface area contributed by atoms with Crippen LogP contribution in [0.5, 0.6) is 0 Å². The molecular weight excluding hydrogens is 324 g/mol. The Morgan fingerprint density at radius 3 is 2.62 bits per heavy atom. The molecule has 0 aromatic heterocycles. The maximum absolute atomic E-state index is 12.4. The van der Waals surface area contributed by atoms with Crippen molar-refractivity contribution in [1.82, 2.24) is 10.6 Å². The lowest BCUT2D eigenvalue weighted by molar-refractivity contribution is 0.0930. The van der Waals surface area contributed by atoms with Crippen LogP contribution in [0.3, 0.4) is 0 Å². The van der Waals surface area contributed by atoms with Crippen molar-refractivity contribution in [2.45, 2.75) is 25.8 Å². The first-order valence-electron chi connectivity index (χ1n) is 7.82. The highest BCUT2D eigenvalue weighted by atomic mass is 35.5. The predicted molar refractivity (Wildman–Crippen MR) is 94.4 cm³/mol. The first kappa shape index (κ1) is 16.5. The number of amides is 2. The fourth-order valence-corrected chi connectivity index (χ4v) is 2.97. The molecule has 0 saturated carbocycles. The normalized spacial score (nSPS) is 15.4. The van der Waals surface area contributed by atoms with Crippen molar-refractivity contribution in [2.24, 2.45) is 0 Å².